The molecule has 0 amide bonds. The molecule has 0 saturated heterocycles. The van der Waals surface area contributed by atoms with Gasteiger partial charge in [-0.2, -0.15) is 0 Å². The Balaban J connectivity index is 1.70. The number of nitro groups is 1. The molecular formula is C16H15BrN2O2. The number of nitro benzene ring substituents is 1. The molecule has 1 fully saturated rings. The average molecular weight is 347 g/mol. The molecule has 21 heavy (non-hydrogen) atoms. The summed E-state index contributed by atoms with van der Waals surface area (Å²) in [6, 6.07) is 13.5. The molecule has 2 aromatic rings. The molecule has 5 heteroatoms. The van der Waals surface area contributed by atoms with Gasteiger partial charge in [0.2, 0.25) is 0 Å². The van der Waals surface area contributed by atoms with E-state index in [1.165, 1.54) is 24.5 Å². The fraction of sp³-hybridized carbons (Fsp3) is 0.250. The molecule has 2 aromatic carbocycles. The van der Waals surface area contributed by atoms with Crippen molar-refractivity contribution < 1.29 is 4.92 Å². The molecule has 0 atom stereocenters. The van der Waals surface area contributed by atoms with Gasteiger partial charge in [0.05, 0.1) is 4.92 Å². The lowest BCUT2D eigenvalue weighted by atomic mass is 10.1. The van der Waals surface area contributed by atoms with Crippen LogP contribution in [0.5, 0.6) is 0 Å². The van der Waals surface area contributed by atoms with Gasteiger partial charge in [0.1, 0.15) is 5.69 Å². The molecule has 0 aliphatic heterocycles. The molecule has 1 saturated carbocycles. The Morgan fingerprint density at radius 2 is 1.90 bits per heavy atom. The zero-order chi connectivity index (χ0) is 14.8. The predicted molar refractivity (Wildman–Crippen MR) is 86.5 cm³/mol. The van der Waals surface area contributed by atoms with Crippen LogP contribution in [-0.4, -0.2) is 4.92 Å². The first-order valence-corrected chi connectivity index (χ1v) is 7.69. The van der Waals surface area contributed by atoms with Crippen molar-refractivity contribution in [3.05, 3.63) is 68.2 Å². The van der Waals surface area contributed by atoms with Crippen molar-refractivity contribution in [2.75, 3.05) is 5.32 Å². The maximum atomic E-state index is 11.1. The summed E-state index contributed by atoms with van der Waals surface area (Å²) in [7, 11) is 0. The fourth-order valence-corrected chi connectivity index (χ4v) is 2.68. The summed E-state index contributed by atoms with van der Waals surface area (Å²) in [5.74, 6) is 0.750. The second kappa shape index (κ2) is 5.85. The molecule has 0 heterocycles. The van der Waals surface area contributed by atoms with Gasteiger partial charge in [-0.3, -0.25) is 10.1 Å². The summed E-state index contributed by atoms with van der Waals surface area (Å²) in [5, 5.41) is 14.2. The Bertz CT molecular complexity index is 666. The summed E-state index contributed by atoms with van der Waals surface area (Å²) >= 11 is 3.26. The second-order valence-electron chi connectivity index (χ2n) is 5.29. The Morgan fingerprint density at radius 1 is 1.19 bits per heavy atom. The minimum Gasteiger partial charge on any atom is -0.375 e. The highest BCUT2D eigenvalue weighted by Gasteiger charge is 2.22. The minimum absolute atomic E-state index is 0.0824. The van der Waals surface area contributed by atoms with E-state index in [0.717, 1.165) is 11.5 Å². The van der Waals surface area contributed by atoms with E-state index < -0.39 is 0 Å². The Labute approximate surface area is 131 Å². The fourth-order valence-electron chi connectivity index (χ4n) is 2.33. The standard InChI is InChI=1S/C16H15BrN2O2/c17-14-7-8-15(16(9-14)19(20)21)18-10-11-1-3-12(4-2-11)13-5-6-13/h1-4,7-9,13,18H,5-6,10H2. The highest BCUT2D eigenvalue weighted by Crippen LogP contribution is 2.39. The molecule has 1 aliphatic rings. The van der Waals surface area contributed by atoms with Gasteiger partial charge < -0.3 is 5.32 Å². The van der Waals surface area contributed by atoms with Crippen molar-refractivity contribution >= 4 is 27.3 Å². The van der Waals surface area contributed by atoms with Crippen molar-refractivity contribution in [1.29, 1.82) is 0 Å². The molecular weight excluding hydrogens is 332 g/mol. The van der Waals surface area contributed by atoms with Crippen molar-refractivity contribution in [3.8, 4) is 0 Å². The topological polar surface area (TPSA) is 55.2 Å². The van der Waals surface area contributed by atoms with Gasteiger partial charge in [-0.25, -0.2) is 0 Å². The lowest BCUT2D eigenvalue weighted by Gasteiger charge is -2.08. The SMILES string of the molecule is O=[N+]([O-])c1cc(Br)ccc1NCc1ccc(C2CC2)cc1. The van der Waals surface area contributed by atoms with Crippen molar-refractivity contribution in [2.45, 2.75) is 25.3 Å². The average Bonchev–Trinajstić information content (AvgIpc) is 3.31. The van der Waals surface area contributed by atoms with Crippen LogP contribution in [0.4, 0.5) is 11.4 Å². The summed E-state index contributed by atoms with van der Waals surface area (Å²) in [4.78, 5) is 10.7. The van der Waals surface area contributed by atoms with E-state index in [-0.39, 0.29) is 10.6 Å². The van der Waals surface area contributed by atoms with Crippen LogP contribution in [0.25, 0.3) is 0 Å². The summed E-state index contributed by atoms with van der Waals surface area (Å²) < 4.78 is 0.702. The van der Waals surface area contributed by atoms with E-state index in [1.807, 2.05) is 0 Å². The largest absolute Gasteiger partial charge is 0.375 e. The Morgan fingerprint density at radius 3 is 2.52 bits per heavy atom. The number of halogens is 1. The number of benzene rings is 2. The quantitative estimate of drug-likeness (QED) is 0.622. The smallest absolute Gasteiger partial charge is 0.293 e. The first-order valence-electron chi connectivity index (χ1n) is 6.90. The van der Waals surface area contributed by atoms with Gasteiger partial charge in [0.25, 0.3) is 5.69 Å². The van der Waals surface area contributed by atoms with Crippen molar-refractivity contribution in [2.24, 2.45) is 0 Å². The van der Waals surface area contributed by atoms with E-state index >= 15 is 0 Å². The summed E-state index contributed by atoms with van der Waals surface area (Å²) in [6.45, 7) is 0.577. The van der Waals surface area contributed by atoms with E-state index in [1.54, 1.807) is 12.1 Å². The van der Waals surface area contributed by atoms with Crippen LogP contribution in [0.2, 0.25) is 0 Å². The van der Waals surface area contributed by atoms with E-state index in [4.69, 9.17) is 0 Å². The third-order valence-electron chi connectivity index (χ3n) is 3.67. The normalized spacial score (nSPS) is 14.0. The first-order chi connectivity index (χ1) is 10.1. The molecule has 0 bridgehead atoms. The zero-order valence-electron chi connectivity index (χ0n) is 11.4. The lowest BCUT2D eigenvalue weighted by molar-refractivity contribution is -0.384. The van der Waals surface area contributed by atoms with Crippen LogP contribution in [0.3, 0.4) is 0 Å². The van der Waals surface area contributed by atoms with E-state index in [0.29, 0.717) is 16.7 Å². The number of nitrogens with zero attached hydrogens (tertiary/aromatic N) is 1. The van der Waals surface area contributed by atoms with E-state index in [2.05, 4.69) is 45.5 Å². The van der Waals surface area contributed by atoms with Gasteiger partial charge in [-0.05, 0) is 42.0 Å². The molecule has 0 aromatic heterocycles. The van der Waals surface area contributed by atoms with Crippen molar-refractivity contribution in [1.82, 2.24) is 0 Å². The molecule has 108 valence electrons. The van der Waals surface area contributed by atoms with E-state index in [9.17, 15) is 10.1 Å². The summed E-state index contributed by atoms with van der Waals surface area (Å²) in [5.41, 5.74) is 3.14. The van der Waals surface area contributed by atoms with Crippen LogP contribution in [0.1, 0.15) is 29.9 Å². The molecule has 0 unspecified atom stereocenters. The Hall–Kier alpha value is -1.88. The van der Waals surface area contributed by atoms with Crippen LogP contribution in [0.15, 0.2) is 46.9 Å². The maximum Gasteiger partial charge on any atom is 0.293 e. The van der Waals surface area contributed by atoms with Gasteiger partial charge >= 0.3 is 0 Å². The lowest BCUT2D eigenvalue weighted by Crippen LogP contribution is -2.02. The third kappa shape index (κ3) is 3.42. The van der Waals surface area contributed by atoms with Crippen LogP contribution in [0, 0.1) is 10.1 Å². The second-order valence-corrected chi connectivity index (χ2v) is 6.20. The maximum absolute atomic E-state index is 11.1. The molecule has 1 N–H and O–H groups in total. The van der Waals surface area contributed by atoms with Crippen LogP contribution in [-0.2, 0) is 6.54 Å². The molecule has 4 nitrogen and oxygen atoms in total. The number of hydrogen-bond acceptors (Lipinski definition) is 3. The van der Waals surface area contributed by atoms with Gasteiger partial charge in [-0.15, -0.1) is 0 Å². The van der Waals surface area contributed by atoms with Gasteiger partial charge in [0, 0.05) is 17.1 Å². The highest BCUT2D eigenvalue weighted by molar-refractivity contribution is 9.10. The third-order valence-corrected chi connectivity index (χ3v) is 4.16. The van der Waals surface area contributed by atoms with Crippen LogP contribution < -0.4 is 5.32 Å². The van der Waals surface area contributed by atoms with Crippen LogP contribution >= 0.6 is 15.9 Å². The zero-order valence-corrected chi connectivity index (χ0v) is 13.0. The number of nitrogens with one attached hydrogen (secondary N) is 1. The first kappa shape index (κ1) is 14.1. The number of hydrogen-bond donors (Lipinski definition) is 1. The number of rotatable bonds is 5. The van der Waals surface area contributed by atoms with Crippen molar-refractivity contribution in [3.63, 3.8) is 0 Å². The molecule has 3 rings (SSSR count). The summed E-state index contributed by atoms with van der Waals surface area (Å²) in [6.07, 6.45) is 2.59. The molecule has 0 radical (unpaired) electrons. The Kier molecular flexibility index (Phi) is 3.92. The van der Waals surface area contributed by atoms with Gasteiger partial charge in [-0.1, -0.05) is 40.2 Å². The number of anilines is 1. The monoisotopic (exact) mass is 346 g/mol. The molecule has 1 aliphatic carbocycles. The van der Waals surface area contributed by atoms with Gasteiger partial charge in [0.15, 0.2) is 0 Å². The predicted octanol–water partition coefficient (Wildman–Crippen LogP) is 4.85. The highest BCUT2D eigenvalue weighted by atomic mass is 79.9. The molecule has 0 spiro atoms. The minimum atomic E-state index is -0.372.